The van der Waals surface area contributed by atoms with Crippen molar-refractivity contribution < 1.29 is 9.53 Å². The van der Waals surface area contributed by atoms with E-state index in [2.05, 4.69) is 9.36 Å². The Morgan fingerprint density at radius 1 is 1.50 bits per heavy atom. The summed E-state index contributed by atoms with van der Waals surface area (Å²) in [5, 5.41) is 0.430. The number of anilines is 1. The van der Waals surface area contributed by atoms with E-state index in [1.165, 1.54) is 18.5 Å². The molecular weight excluding hydrogens is 250 g/mol. The minimum Gasteiger partial charge on any atom is -0.429 e. The fourth-order valence-electron chi connectivity index (χ4n) is 1.43. The summed E-state index contributed by atoms with van der Waals surface area (Å²) >= 11 is 1.17. The van der Waals surface area contributed by atoms with Gasteiger partial charge < -0.3 is 10.5 Å². The Labute approximate surface area is 109 Å². The second kappa shape index (κ2) is 5.14. The normalized spacial score (nSPS) is 10.3. The summed E-state index contributed by atoms with van der Waals surface area (Å²) in [7, 11) is 0. The van der Waals surface area contributed by atoms with Gasteiger partial charge in [0.05, 0.1) is 5.56 Å². The van der Waals surface area contributed by atoms with Crippen molar-refractivity contribution in [1.82, 2.24) is 9.36 Å². The van der Waals surface area contributed by atoms with Crippen LogP contribution in [-0.2, 0) is 6.42 Å². The van der Waals surface area contributed by atoms with Crippen LogP contribution >= 0.6 is 11.5 Å². The van der Waals surface area contributed by atoms with Gasteiger partial charge in [0, 0.05) is 23.6 Å². The fourth-order valence-corrected chi connectivity index (χ4v) is 2.06. The van der Waals surface area contributed by atoms with Crippen molar-refractivity contribution >= 4 is 23.0 Å². The van der Waals surface area contributed by atoms with E-state index in [4.69, 9.17) is 10.5 Å². The average molecular weight is 263 g/mol. The van der Waals surface area contributed by atoms with E-state index in [0.717, 1.165) is 12.2 Å². The molecule has 5 nitrogen and oxygen atoms in total. The first kappa shape index (κ1) is 12.5. The van der Waals surface area contributed by atoms with Gasteiger partial charge in [0.1, 0.15) is 11.6 Å². The smallest absolute Gasteiger partial charge is 0.298 e. The van der Waals surface area contributed by atoms with Gasteiger partial charge in [-0.2, -0.15) is 9.36 Å². The number of carbonyl (C=O) groups excluding carboxylic acids is 1. The maximum absolute atomic E-state index is 11.5. The van der Waals surface area contributed by atoms with Gasteiger partial charge in [-0.3, -0.25) is 4.79 Å². The number of hydrogen-bond donors (Lipinski definition) is 1. The van der Waals surface area contributed by atoms with Gasteiger partial charge in [0.15, 0.2) is 5.78 Å². The van der Waals surface area contributed by atoms with Crippen LogP contribution in [0.15, 0.2) is 18.2 Å². The monoisotopic (exact) mass is 263 g/mol. The van der Waals surface area contributed by atoms with E-state index in [0.29, 0.717) is 22.2 Å². The van der Waals surface area contributed by atoms with E-state index in [9.17, 15) is 4.79 Å². The molecule has 0 unspecified atom stereocenters. The quantitative estimate of drug-likeness (QED) is 0.677. The summed E-state index contributed by atoms with van der Waals surface area (Å²) < 4.78 is 9.70. The Morgan fingerprint density at radius 2 is 2.28 bits per heavy atom. The van der Waals surface area contributed by atoms with Gasteiger partial charge in [-0.15, -0.1) is 0 Å². The number of aromatic nitrogens is 2. The zero-order chi connectivity index (χ0) is 13.1. The Hall–Kier alpha value is -1.95. The zero-order valence-corrected chi connectivity index (χ0v) is 11.0. The van der Waals surface area contributed by atoms with Gasteiger partial charge in [-0.25, -0.2) is 0 Å². The first-order valence-electron chi connectivity index (χ1n) is 5.51. The molecule has 0 radical (unpaired) electrons. The maximum Gasteiger partial charge on any atom is 0.298 e. The third kappa shape index (κ3) is 2.65. The maximum atomic E-state index is 11.5. The van der Waals surface area contributed by atoms with Crippen molar-refractivity contribution in [2.75, 3.05) is 5.73 Å². The molecule has 0 aliphatic rings. The van der Waals surface area contributed by atoms with E-state index >= 15 is 0 Å². The summed E-state index contributed by atoms with van der Waals surface area (Å²) in [6.07, 6.45) is 0.751. The summed E-state index contributed by atoms with van der Waals surface area (Å²) in [5.74, 6) is 1.09. The van der Waals surface area contributed by atoms with Crippen molar-refractivity contribution in [2.45, 2.75) is 20.3 Å². The molecule has 0 bridgehead atoms. The molecule has 1 aromatic heterocycles. The molecule has 2 N–H and O–H groups in total. The van der Waals surface area contributed by atoms with Gasteiger partial charge >= 0.3 is 0 Å². The van der Waals surface area contributed by atoms with Crippen molar-refractivity contribution in [1.29, 1.82) is 0 Å². The molecule has 2 aromatic rings. The fraction of sp³-hybridized carbons (Fsp3) is 0.250. The van der Waals surface area contributed by atoms with Gasteiger partial charge in [-0.05, 0) is 25.1 Å². The topological polar surface area (TPSA) is 78.1 Å². The highest BCUT2D eigenvalue weighted by Crippen LogP contribution is 2.28. The van der Waals surface area contributed by atoms with Crippen LogP contribution in [-0.4, -0.2) is 15.1 Å². The van der Waals surface area contributed by atoms with E-state index in [1.54, 1.807) is 18.2 Å². The number of nitrogen functional groups attached to an aromatic ring is 1. The Morgan fingerprint density at radius 3 is 2.89 bits per heavy atom. The zero-order valence-electron chi connectivity index (χ0n) is 10.1. The number of nitrogens with two attached hydrogens (primary N) is 1. The van der Waals surface area contributed by atoms with Crippen LogP contribution in [0.4, 0.5) is 5.69 Å². The number of benzene rings is 1. The Bertz CT molecular complexity index is 580. The number of ketones is 1. The Kier molecular flexibility index (Phi) is 3.57. The lowest BCUT2D eigenvalue weighted by atomic mass is 10.1. The number of nitrogens with zero attached hydrogens (tertiary/aromatic N) is 2. The second-order valence-electron chi connectivity index (χ2n) is 3.74. The van der Waals surface area contributed by atoms with Gasteiger partial charge in [0.25, 0.3) is 5.19 Å². The lowest BCUT2D eigenvalue weighted by Gasteiger charge is -2.06. The molecule has 1 aromatic carbocycles. The van der Waals surface area contributed by atoms with E-state index in [-0.39, 0.29) is 5.78 Å². The van der Waals surface area contributed by atoms with Crippen LogP contribution in [0.3, 0.4) is 0 Å². The summed E-state index contributed by atoms with van der Waals surface area (Å²) in [6.45, 7) is 3.44. The molecule has 0 aliphatic carbocycles. The van der Waals surface area contributed by atoms with E-state index < -0.39 is 0 Å². The minimum absolute atomic E-state index is 0.0995. The SMILES string of the molecule is CCc1nsc(Oc2ccc(N)cc2C(C)=O)n1. The van der Waals surface area contributed by atoms with Crippen LogP contribution in [0, 0.1) is 0 Å². The number of carbonyl (C=O) groups is 1. The molecule has 0 atom stereocenters. The van der Waals surface area contributed by atoms with Crippen LogP contribution in [0.1, 0.15) is 30.0 Å². The average Bonchev–Trinajstić information content (AvgIpc) is 2.79. The highest BCUT2D eigenvalue weighted by atomic mass is 32.1. The highest BCUT2D eigenvalue weighted by Gasteiger charge is 2.12. The first-order chi connectivity index (χ1) is 8.60. The van der Waals surface area contributed by atoms with Crippen molar-refractivity contribution in [2.24, 2.45) is 0 Å². The second-order valence-corrected chi connectivity index (χ2v) is 4.46. The third-order valence-corrected chi connectivity index (χ3v) is 2.98. The van der Waals surface area contributed by atoms with Crippen LogP contribution in [0.2, 0.25) is 0 Å². The predicted octanol–water partition coefficient (Wildman–Crippen LogP) is 2.68. The third-order valence-electron chi connectivity index (χ3n) is 2.35. The van der Waals surface area contributed by atoms with Gasteiger partial charge in [0.2, 0.25) is 0 Å². The molecule has 0 aliphatic heterocycles. The van der Waals surface area contributed by atoms with Crippen molar-refractivity contribution in [3.63, 3.8) is 0 Å². The summed E-state index contributed by atoms with van der Waals surface area (Å²) in [5.41, 5.74) is 6.63. The molecule has 0 spiro atoms. The standard InChI is InChI=1S/C12H13N3O2S/c1-3-11-14-12(18-15-11)17-10-5-4-8(13)6-9(10)7(2)16/h4-6H,3,13H2,1-2H3. The van der Waals surface area contributed by atoms with E-state index in [1.807, 2.05) is 6.92 Å². The summed E-state index contributed by atoms with van der Waals surface area (Å²) in [6, 6.07) is 4.95. The number of Topliss-reactive ketones (excluding diaryl/α,β-unsaturated/α-hetero) is 1. The highest BCUT2D eigenvalue weighted by molar-refractivity contribution is 7.07. The molecule has 0 saturated heterocycles. The number of aryl methyl sites for hydroxylation is 1. The van der Waals surface area contributed by atoms with Crippen LogP contribution in [0.5, 0.6) is 10.9 Å². The Balaban J connectivity index is 2.30. The molecule has 0 fully saturated rings. The van der Waals surface area contributed by atoms with Crippen LogP contribution in [0.25, 0.3) is 0 Å². The van der Waals surface area contributed by atoms with Crippen molar-refractivity contribution in [3.05, 3.63) is 29.6 Å². The van der Waals surface area contributed by atoms with Crippen molar-refractivity contribution in [3.8, 4) is 10.9 Å². The minimum atomic E-state index is -0.0995. The van der Waals surface area contributed by atoms with Gasteiger partial charge in [-0.1, -0.05) is 6.92 Å². The first-order valence-corrected chi connectivity index (χ1v) is 6.28. The lowest BCUT2D eigenvalue weighted by molar-refractivity contribution is 0.101. The molecule has 0 saturated carbocycles. The summed E-state index contributed by atoms with van der Waals surface area (Å²) in [4.78, 5) is 15.7. The molecule has 1 heterocycles. The number of hydrogen-bond acceptors (Lipinski definition) is 6. The molecular formula is C12H13N3O2S. The lowest BCUT2D eigenvalue weighted by Crippen LogP contribution is -1.99. The molecule has 2 rings (SSSR count). The van der Waals surface area contributed by atoms with Crippen LogP contribution < -0.4 is 10.5 Å². The molecule has 94 valence electrons. The number of rotatable bonds is 4. The molecule has 18 heavy (non-hydrogen) atoms. The molecule has 0 amide bonds. The number of ether oxygens (including phenoxy) is 1. The molecule has 6 heteroatoms. The largest absolute Gasteiger partial charge is 0.429 e. The predicted molar refractivity (Wildman–Crippen MR) is 70.2 cm³/mol.